The van der Waals surface area contributed by atoms with Crippen LogP contribution in [-0.4, -0.2) is 16.4 Å². The van der Waals surface area contributed by atoms with Crippen LogP contribution in [-0.2, 0) is 7.05 Å². The first-order valence-electron chi connectivity index (χ1n) is 6.65. The van der Waals surface area contributed by atoms with Gasteiger partial charge < -0.3 is 4.42 Å². The van der Waals surface area contributed by atoms with Gasteiger partial charge in [0.15, 0.2) is 5.58 Å². The molecule has 1 aromatic heterocycles. The number of oxazole rings is 1. The zero-order valence-electron chi connectivity index (χ0n) is 11.6. The van der Waals surface area contributed by atoms with Crippen molar-refractivity contribution in [2.24, 2.45) is 7.05 Å². The molecule has 2 heterocycles. The number of rotatable bonds is 1. The van der Waals surface area contributed by atoms with E-state index in [1.807, 2.05) is 0 Å². The first-order valence-corrected chi connectivity index (χ1v) is 6.65. The summed E-state index contributed by atoms with van der Waals surface area (Å²) in [6.07, 6.45) is 0. The highest BCUT2D eigenvalue weighted by molar-refractivity contribution is 6.34. The Morgan fingerprint density at radius 1 is 0.909 bits per heavy atom. The second-order valence-electron chi connectivity index (χ2n) is 5.07. The normalized spacial score (nSPS) is 14.0. The fourth-order valence-corrected chi connectivity index (χ4v) is 2.68. The Kier molecular flexibility index (Phi) is 2.39. The van der Waals surface area contributed by atoms with Gasteiger partial charge in [-0.2, -0.15) is 0 Å². The predicted octanol–water partition coefficient (Wildman–Crippen LogP) is 1.93. The molecule has 4 rings (SSSR count). The van der Waals surface area contributed by atoms with Crippen LogP contribution in [0.2, 0.25) is 0 Å². The Balaban J connectivity index is 1.90. The minimum atomic E-state index is -0.491. The van der Waals surface area contributed by atoms with Crippen molar-refractivity contribution in [3.8, 4) is 0 Å². The van der Waals surface area contributed by atoms with E-state index < -0.39 is 5.76 Å². The fraction of sp³-hybridized carbons (Fsp3) is 0.0625. The van der Waals surface area contributed by atoms with Gasteiger partial charge in [-0.05, 0) is 30.3 Å². The zero-order valence-corrected chi connectivity index (χ0v) is 11.6. The molecule has 108 valence electrons. The number of anilines is 1. The van der Waals surface area contributed by atoms with Crippen molar-refractivity contribution in [2.45, 2.75) is 0 Å². The maximum Gasteiger partial charge on any atom is 0.419 e. The summed E-state index contributed by atoms with van der Waals surface area (Å²) in [4.78, 5) is 37.5. The molecule has 1 aliphatic heterocycles. The van der Waals surface area contributed by atoms with Crippen LogP contribution >= 0.6 is 0 Å². The molecule has 0 aliphatic carbocycles. The summed E-state index contributed by atoms with van der Waals surface area (Å²) in [5.74, 6) is -1.23. The van der Waals surface area contributed by atoms with Gasteiger partial charge >= 0.3 is 5.76 Å². The maximum atomic E-state index is 12.4. The van der Waals surface area contributed by atoms with Crippen LogP contribution in [0.3, 0.4) is 0 Å². The van der Waals surface area contributed by atoms with Crippen molar-refractivity contribution in [1.29, 1.82) is 0 Å². The van der Waals surface area contributed by atoms with Crippen LogP contribution in [0.25, 0.3) is 11.1 Å². The summed E-state index contributed by atoms with van der Waals surface area (Å²) in [7, 11) is 1.57. The molecule has 0 unspecified atom stereocenters. The monoisotopic (exact) mass is 294 g/mol. The standard InChI is InChI=1S/C16H10N2O4/c1-17-12-8-9(6-7-13(12)22-16(17)21)18-14(19)10-4-2-3-5-11(10)15(18)20/h2-8H,1H3. The predicted molar refractivity (Wildman–Crippen MR) is 79.0 cm³/mol. The van der Waals surface area contributed by atoms with Crippen molar-refractivity contribution in [2.75, 3.05) is 4.90 Å². The highest BCUT2D eigenvalue weighted by Gasteiger charge is 2.36. The summed E-state index contributed by atoms with van der Waals surface area (Å²) < 4.78 is 6.38. The molecular weight excluding hydrogens is 284 g/mol. The van der Waals surface area contributed by atoms with E-state index in [1.165, 1.54) is 4.57 Å². The van der Waals surface area contributed by atoms with Crippen LogP contribution < -0.4 is 10.7 Å². The summed E-state index contributed by atoms with van der Waals surface area (Å²) in [6.45, 7) is 0. The highest BCUT2D eigenvalue weighted by Crippen LogP contribution is 2.30. The molecule has 0 bridgehead atoms. The largest absolute Gasteiger partial charge is 0.419 e. The van der Waals surface area contributed by atoms with Crippen molar-refractivity contribution in [3.63, 3.8) is 0 Å². The number of amides is 2. The van der Waals surface area contributed by atoms with E-state index in [-0.39, 0.29) is 11.8 Å². The molecule has 2 amide bonds. The van der Waals surface area contributed by atoms with Gasteiger partial charge in [0.1, 0.15) is 0 Å². The molecule has 2 aromatic carbocycles. The van der Waals surface area contributed by atoms with Crippen molar-refractivity contribution in [1.82, 2.24) is 4.57 Å². The minimum Gasteiger partial charge on any atom is -0.408 e. The third-order valence-corrected chi connectivity index (χ3v) is 3.83. The first kappa shape index (κ1) is 12.6. The van der Waals surface area contributed by atoms with Gasteiger partial charge in [-0.15, -0.1) is 0 Å². The second-order valence-corrected chi connectivity index (χ2v) is 5.07. The SMILES string of the molecule is Cn1c(=O)oc2ccc(N3C(=O)c4ccccc4C3=O)cc21. The Morgan fingerprint density at radius 2 is 1.55 bits per heavy atom. The molecule has 0 atom stereocenters. The van der Waals surface area contributed by atoms with E-state index in [0.29, 0.717) is 27.9 Å². The minimum absolute atomic E-state index is 0.367. The summed E-state index contributed by atoms with van der Waals surface area (Å²) in [6, 6.07) is 11.5. The van der Waals surface area contributed by atoms with Gasteiger partial charge in [-0.1, -0.05) is 12.1 Å². The van der Waals surface area contributed by atoms with Gasteiger partial charge in [0, 0.05) is 7.05 Å². The Hall–Kier alpha value is -3.15. The number of imide groups is 1. The number of hydrogen-bond acceptors (Lipinski definition) is 4. The van der Waals surface area contributed by atoms with Gasteiger partial charge in [0.05, 0.1) is 22.3 Å². The van der Waals surface area contributed by atoms with Gasteiger partial charge in [0.25, 0.3) is 11.8 Å². The van der Waals surface area contributed by atoms with Crippen molar-refractivity contribution >= 4 is 28.6 Å². The number of benzene rings is 2. The Morgan fingerprint density at radius 3 is 2.18 bits per heavy atom. The van der Waals surface area contributed by atoms with Crippen LogP contribution in [0.15, 0.2) is 51.7 Å². The average Bonchev–Trinajstić information content (AvgIpc) is 2.95. The van der Waals surface area contributed by atoms with Crippen molar-refractivity contribution < 1.29 is 14.0 Å². The molecular formula is C16H10N2O4. The molecule has 3 aromatic rings. The summed E-state index contributed by atoms with van der Waals surface area (Å²) >= 11 is 0. The number of nitrogens with zero attached hydrogens (tertiary/aromatic N) is 2. The number of carbonyl (C=O) groups is 2. The summed E-state index contributed by atoms with van der Waals surface area (Å²) in [5.41, 5.74) is 2.12. The van der Waals surface area contributed by atoms with Crippen LogP contribution in [0.1, 0.15) is 20.7 Å². The smallest absolute Gasteiger partial charge is 0.408 e. The van der Waals surface area contributed by atoms with E-state index in [0.717, 1.165) is 4.90 Å². The molecule has 1 aliphatic rings. The molecule has 0 spiro atoms. The number of aromatic nitrogens is 1. The maximum absolute atomic E-state index is 12.4. The Labute approximate surface area is 124 Å². The zero-order chi connectivity index (χ0) is 15.4. The summed E-state index contributed by atoms with van der Waals surface area (Å²) in [5, 5.41) is 0. The molecule has 0 radical (unpaired) electrons. The van der Waals surface area contributed by atoms with E-state index in [2.05, 4.69) is 0 Å². The lowest BCUT2D eigenvalue weighted by Crippen LogP contribution is -2.29. The fourth-order valence-electron chi connectivity index (χ4n) is 2.68. The van der Waals surface area contributed by atoms with Gasteiger partial charge in [-0.3, -0.25) is 14.2 Å². The van der Waals surface area contributed by atoms with E-state index in [9.17, 15) is 14.4 Å². The molecule has 0 saturated heterocycles. The van der Waals surface area contributed by atoms with Gasteiger partial charge in [0.2, 0.25) is 0 Å². The molecule has 22 heavy (non-hydrogen) atoms. The molecule has 0 fully saturated rings. The highest BCUT2D eigenvalue weighted by atomic mass is 16.4. The third kappa shape index (κ3) is 1.52. The lowest BCUT2D eigenvalue weighted by molar-refractivity contribution is 0.0926. The second kappa shape index (κ2) is 4.17. The lowest BCUT2D eigenvalue weighted by atomic mass is 10.1. The molecule has 0 N–H and O–H groups in total. The quantitative estimate of drug-likeness (QED) is 0.643. The van der Waals surface area contributed by atoms with Crippen molar-refractivity contribution in [3.05, 3.63) is 64.1 Å². The number of carbonyl (C=O) groups excluding carboxylic acids is 2. The first-order chi connectivity index (χ1) is 10.6. The molecule has 6 nitrogen and oxygen atoms in total. The van der Waals surface area contributed by atoms with Crippen LogP contribution in [0, 0.1) is 0 Å². The topological polar surface area (TPSA) is 72.5 Å². The van der Waals surface area contributed by atoms with Gasteiger partial charge in [-0.25, -0.2) is 9.69 Å². The number of fused-ring (bicyclic) bond motifs is 2. The number of aryl methyl sites for hydroxylation is 1. The van der Waals surface area contributed by atoms with E-state index in [1.54, 1.807) is 49.5 Å². The van der Waals surface area contributed by atoms with E-state index in [4.69, 9.17) is 4.42 Å². The van der Waals surface area contributed by atoms with Crippen LogP contribution in [0.4, 0.5) is 5.69 Å². The lowest BCUT2D eigenvalue weighted by Gasteiger charge is -2.13. The third-order valence-electron chi connectivity index (χ3n) is 3.83. The molecule has 6 heteroatoms. The number of hydrogen-bond donors (Lipinski definition) is 0. The Bertz CT molecular complexity index is 977. The van der Waals surface area contributed by atoms with Crippen LogP contribution in [0.5, 0.6) is 0 Å². The molecule has 0 saturated carbocycles. The average molecular weight is 294 g/mol. The van der Waals surface area contributed by atoms with E-state index >= 15 is 0 Å².